The summed E-state index contributed by atoms with van der Waals surface area (Å²) in [6, 6.07) is 5.19. The lowest BCUT2D eigenvalue weighted by molar-refractivity contribution is 0.281. The molecule has 0 radical (unpaired) electrons. The zero-order valence-corrected chi connectivity index (χ0v) is 13.4. The molecule has 1 aromatic carbocycles. The largest absolute Gasteiger partial charge is 0.326 e. The number of piperidine rings is 1. The first kappa shape index (κ1) is 15.0. The van der Waals surface area contributed by atoms with E-state index < -0.39 is 10.0 Å². The minimum absolute atomic E-state index is 0.332. The van der Waals surface area contributed by atoms with Gasteiger partial charge < -0.3 is 5.73 Å². The van der Waals surface area contributed by atoms with Gasteiger partial charge in [0.25, 0.3) is 0 Å². The Morgan fingerprint density at radius 1 is 1.47 bits per heavy atom. The van der Waals surface area contributed by atoms with E-state index in [2.05, 4.69) is 22.9 Å². The van der Waals surface area contributed by atoms with E-state index in [9.17, 15) is 8.42 Å². The van der Waals surface area contributed by atoms with Crippen LogP contribution in [0.5, 0.6) is 0 Å². The van der Waals surface area contributed by atoms with Crippen molar-refractivity contribution in [2.45, 2.75) is 31.2 Å². The Bertz CT molecular complexity index is 560. The number of halogens is 1. The first-order valence-electron chi connectivity index (χ1n) is 6.44. The van der Waals surface area contributed by atoms with Crippen molar-refractivity contribution in [1.82, 2.24) is 4.31 Å². The molecule has 1 aromatic rings. The summed E-state index contributed by atoms with van der Waals surface area (Å²) in [4.78, 5) is 0.332. The topological polar surface area (TPSA) is 63.4 Å². The summed E-state index contributed by atoms with van der Waals surface area (Å²) in [6.07, 6.45) is 2.03. The Morgan fingerprint density at radius 2 is 2.21 bits per heavy atom. The van der Waals surface area contributed by atoms with E-state index in [0.717, 1.165) is 18.4 Å². The van der Waals surface area contributed by atoms with E-state index in [1.165, 1.54) is 0 Å². The van der Waals surface area contributed by atoms with Gasteiger partial charge in [0.1, 0.15) is 0 Å². The molecule has 0 aromatic heterocycles. The van der Waals surface area contributed by atoms with Gasteiger partial charge in [-0.25, -0.2) is 8.42 Å². The van der Waals surface area contributed by atoms with Crippen LogP contribution in [0.25, 0.3) is 0 Å². The van der Waals surface area contributed by atoms with Crippen LogP contribution in [0.15, 0.2) is 27.6 Å². The summed E-state index contributed by atoms with van der Waals surface area (Å²) < 4.78 is 27.4. The normalized spacial score (nSPS) is 21.5. The van der Waals surface area contributed by atoms with Gasteiger partial charge in [0.2, 0.25) is 10.0 Å². The third-order valence-electron chi connectivity index (χ3n) is 3.47. The van der Waals surface area contributed by atoms with E-state index in [1.54, 1.807) is 22.5 Å². The fourth-order valence-electron chi connectivity index (χ4n) is 2.38. The van der Waals surface area contributed by atoms with Gasteiger partial charge >= 0.3 is 0 Å². The molecule has 106 valence electrons. The number of nitrogens with zero attached hydrogens (tertiary/aromatic N) is 1. The van der Waals surface area contributed by atoms with Crippen LogP contribution in [0.2, 0.25) is 0 Å². The Hall–Kier alpha value is -0.430. The zero-order chi connectivity index (χ0) is 14.0. The van der Waals surface area contributed by atoms with Crippen molar-refractivity contribution in [3.05, 3.63) is 28.2 Å². The van der Waals surface area contributed by atoms with Crippen LogP contribution in [0.4, 0.5) is 0 Å². The maximum Gasteiger partial charge on any atom is 0.244 e. The molecular formula is C13H19BrN2O2S. The second kappa shape index (κ2) is 5.91. The van der Waals surface area contributed by atoms with Gasteiger partial charge in [-0.05, 0) is 52.4 Å². The average Bonchev–Trinajstić information content (AvgIpc) is 2.38. The quantitative estimate of drug-likeness (QED) is 0.913. The molecule has 4 nitrogen and oxygen atoms in total. The van der Waals surface area contributed by atoms with Gasteiger partial charge in [-0.1, -0.05) is 13.0 Å². The fraction of sp³-hybridized carbons (Fsp3) is 0.538. The lowest BCUT2D eigenvalue weighted by Gasteiger charge is -2.30. The van der Waals surface area contributed by atoms with Crippen LogP contribution < -0.4 is 5.73 Å². The predicted octanol–water partition coefficient (Wildman–Crippen LogP) is 2.33. The molecule has 0 saturated carbocycles. The van der Waals surface area contributed by atoms with Crippen LogP contribution in [0, 0.1) is 5.92 Å². The molecule has 1 atom stereocenters. The number of nitrogens with two attached hydrogens (primary N) is 1. The molecular weight excluding hydrogens is 328 g/mol. The van der Waals surface area contributed by atoms with E-state index in [4.69, 9.17) is 5.73 Å². The number of benzene rings is 1. The molecule has 6 heteroatoms. The molecule has 0 spiro atoms. The first-order chi connectivity index (χ1) is 8.95. The molecule has 1 saturated heterocycles. The summed E-state index contributed by atoms with van der Waals surface area (Å²) in [6.45, 7) is 3.71. The van der Waals surface area contributed by atoms with Crippen molar-refractivity contribution in [2.75, 3.05) is 13.1 Å². The smallest absolute Gasteiger partial charge is 0.244 e. The number of hydrogen-bond donors (Lipinski definition) is 1. The fourth-order valence-corrected chi connectivity index (χ4v) is 5.07. The van der Waals surface area contributed by atoms with Gasteiger partial charge in [0.05, 0.1) is 4.90 Å². The second-order valence-corrected chi connectivity index (χ2v) is 7.84. The predicted molar refractivity (Wildman–Crippen MR) is 79.2 cm³/mol. The van der Waals surface area contributed by atoms with Crippen LogP contribution in [-0.4, -0.2) is 25.8 Å². The van der Waals surface area contributed by atoms with Crippen molar-refractivity contribution < 1.29 is 8.42 Å². The van der Waals surface area contributed by atoms with Crippen molar-refractivity contribution in [3.8, 4) is 0 Å². The summed E-state index contributed by atoms with van der Waals surface area (Å²) in [5, 5.41) is 0. The highest BCUT2D eigenvalue weighted by Gasteiger charge is 2.29. The minimum atomic E-state index is -3.40. The molecule has 2 rings (SSSR count). The summed E-state index contributed by atoms with van der Waals surface area (Å²) in [5.41, 5.74) is 6.47. The average molecular weight is 347 g/mol. The van der Waals surface area contributed by atoms with Crippen LogP contribution in [0.1, 0.15) is 25.3 Å². The molecule has 2 N–H and O–H groups in total. The third-order valence-corrected chi connectivity index (χ3v) is 6.31. The maximum absolute atomic E-state index is 12.6. The highest BCUT2D eigenvalue weighted by Crippen LogP contribution is 2.29. The molecule has 1 unspecified atom stereocenters. The van der Waals surface area contributed by atoms with Crippen LogP contribution >= 0.6 is 15.9 Å². The molecule has 1 fully saturated rings. The number of hydrogen-bond acceptors (Lipinski definition) is 3. The van der Waals surface area contributed by atoms with Crippen LogP contribution in [0.3, 0.4) is 0 Å². The van der Waals surface area contributed by atoms with Gasteiger partial charge in [-0.3, -0.25) is 0 Å². The van der Waals surface area contributed by atoms with Crippen molar-refractivity contribution in [3.63, 3.8) is 0 Å². The molecule has 1 aliphatic rings. The molecule has 19 heavy (non-hydrogen) atoms. The van der Waals surface area contributed by atoms with Crippen molar-refractivity contribution >= 4 is 26.0 Å². The molecule has 1 heterocycles. The van der Waals surface area contributed by atoms with Crippen molar-refractivity contribution in [2.24, 2.45) is 11.7 Å². The van der Waals surface area contributed by atoms with E-state index in [-0.39, 0.29) is 0 Å². The Balaban J connectivity index is 2.33. The van der Waals surface area contributed by atoms with E-state index in [1.807, 2.05) is 0 Å². The highest BCUT2D eigenvalue weighted by atomic mass is 79.9. The number of sulfonamides is 1. The van der Waals surface area contributed by atoms with E-state index >= 15 is 0 Å². The van der Waals surface area contributed by atoms with E-state index in [0.29, 0.717) is 34.9 Å². The number of rotatable bonds is 3. The van der Waals surface area contributed by atoms with Gasteiger partial charge in [-0.2, -0.15) is 4.31 Å². The lowest BCUT2D eigenvalue weighted by atomic mass is 10.0. The van der Waals surface area contributed by atoms with Crippen molar-refractivity contribution in [1.29, 1.82) is 0 Å². The second-order valence-electron chi connectivity index (χ2n) is 5.08. The standard InChI is InChI=1S/C13H19BrN2O2S/c1-10-3-2-6-16(9-10)19(17,18)13-5-4-11(8-15)7-12(13)14/h4-5,7,10H,2-3,6,8-9,15H2,1H3. The lowest BCUT2D eigenvalue weighted by Crippen LogP contribution is -2.39. The maximum atomic E-state index is 12.6. The summed E-state index contributed by atoms with van der Waals surface area (Å²) >= 11 is 3.34. The Kier molecular flexibility index (Phi) is 4.66. The first-order valence-corrected chi connectivity index (χ1v) is 8.67. The van der Waals surface area contributed by atoms with Gasteiger partial charge in [0.15, 0.2) is 0 Å². The Morgan fingerprint density at radius 3 is 2.79 bits per heavy atom. The zero-order valence-electron chi connectivity index (χ0n) is 11.0. The highest BCUT2D eigenvalue weighted by molar-refractivity contribution is 9.10. The summed E-state index contributed by atoms with van der Waals surface area (Å²) in [5.74, 6) is 0.422. The summed E-state index contributed by atoms with van der Waals surface area (Å²) in [7, 11) is -3.40. The Labute approximate surface area is 123 Å². The molecule has 1 aliphatic heterocycles. The molecule has 0 amide bonds. The van der Waals surface area contributed by atoms with Crippen LogP contribution in [-0.2, 0) is 16.6 Å². The molecule has 0 aliphatic carbocycles. The van der Waals surface area contributed by atoms with Gasteiger partial charge in [0, 0.05) is 24.1 Å². The monoisotopic (exact) mass is 346 g/mol. The minimum Gasteiger partial charge on any atom is -0.326 e. The third kappa shape index (κ3) is 3.18. The van der Waals surface area contributed by atoms with Gasteiger partial charge in [-0.15, -0.1) is 0 Å². The molecule has 0 bridgehead atoms. The SMILES string of the molecule is CC1CCCN(S(=O)(=O)c2ccc(CN)cc2Br)C1.